The van der Waals surface area contributed by atoms with Gasteiger partial charge in [0.2, 0.25) is 11.2 Å². The quantitative estimate of drug-likeness (QED) is 0.652. The average Bonchev–Trinajstić information content (AvgIpc) is 2.58. The number of ketones is 1. The van der Waals surface area contributed by atoms with Crippen LogP contribution in [-0.2, 0) is 0 Å². The van der Waals surface area contributed by atoms with Crippen molar-refractivity contribution in [2.24, 2.45) is 0 Å². The number of aliphatic hydroxyl groups excluding tert-OH is 1. The standard InChI is InChI=1S/C18H21NO6/c1-10(20)9-19-15(18-17(23)14(21)8-11(2)25-18)16(22)12-4-6-13(24-3)7-5-12/h4-8,10,15,19-20,23H,9H2,1-3H3. The van der Waals surface area contributed by atoms with E-state index < -0.39 is 29.1 Å². The summed E-state index contributed by atoms with van der Waals surface area (Å²) in [5.41, 5.74) is -0.294. The van der Waals surface area contributed by atoms with Gasteiger partial charge >= 0.3 is 0 Å². The molecule has 7 heteroatoms. The largest absolute Gasteiger partial charge is 0.502 e. The van der Waals surface area contributed by atoms with Crippen molar-refractivity contribution in [1.29, 1.82) is 0 Å². The molecule has 1 aromatic carbocycles. The first-order valence-electron chi connectivity index (χ1n) is 7.76. The molecule has 7 nitrogen and oxygen atoms in total. The summed E-state index contributed by atoms with van der Waals surface area (Å²) in [5, 5.41) is 22.4. The number of hydrogen-bond acceptors (Lipinski definition) is 7. The van der Waals surface area contributed by atoms with Gasteiger partial charge in [0.25, 0.3) is 0 Å². The number of carbonyl (C=O) groups is 1. The number of hydrogen-bond donors (Lipinski definition) is 3. The molecule has 0 saturated heterocycles. The molecule has 2 rings (SSSR count). The number of aromatic hydroxyl groups is 1. The Kier molecular flexibility index (Phi) is 5.95. The topological polar surface area (TPSA) is 109 Å². The van der Waals surface area contributed by atoms with Crippen molar-refractivity contribution >= 4 is 5.78 Å². The summed E-state index contributed by atoms with van der Waals surface area (Å²) in [7, 11) is 1.52. The number of ether oxygens (including phenoxy) is 1. The molecule has 3 N–H and O–H groups in total. The Hall–Kier alpha value is -2.64. The van der Waals surface area contributed by atoms with Gasteiger partial charge in [-0.05, 0) is 38.1 Å². The maximum absolute atomic E-state index is 12.9. The van der Waals surface area contributed by atoms with Gasteiger partial charge in [-0.25, -0.2) is 0 Å². The van der Waals surface area contributed by atoms with Gasteiger partial charge < -0.3 is 19.4 Å². The average molecular weight is 347 g/mol. The molecule has 2 aromatic rings. The molecule has 0 aliphatic rings. The highest BCUT2D eigenvalue weighted by molar-refractivity contribution is 6.00. The minimum Gasteiger partial charge on any atom is -0.502 e. The van der Waals surface area contributed by atoms with Crippen LogP contribution < -0.4 is 15.5 Å². The third-order valence-corrected chi connectivity index (χ3v) is 3.59. The van der Waals surface area contributed by atoms with Crippen LogP contribution in [0.4, 0.5) is 0 Å². The third kappa shape index (κ3) is 4.46. The first-order chi connectivity index (χ1) is 11.8. The third-order valence-electron chi connectivity index (χ3n) is 3.59. The number of aryl methyl sites for hydroxylation is 1. The van der Waals surface area contributed by atoms with Gasteiger partial charge in [-0.1, -0.05) is 0 Å². The van der Waals surface area contributed by atoms with Gasteiger partial charge in [-0.2, -0.15) is 0 Å². The summed E-state index contributed by atoms with van der Waals surface area (Å²) in [6.45, 7) is 3.17. The van der Waals surface area contributed by atoms with Gasteiger partial charge in [0, 0.05) is 18.2 Å². The Balaban J connectivity index is 2.44. The zero-order valence-electron chi connectivity index (χ0n) is 14.3. The van der Waals surface area contributed by atoms with Crippen molar-refractivity contribution in [3.05, 3.63) is 57.6 Å². The van der Waals surface area contributed by atoms with E-state index in [1.54, 1.807) is 38.1 Å². The first-order valence-corrected chi connectivity index (χ1v) is 7.76. The van der Waals surface area contributed by atoms with Gasteiger partial charge in [0.05, 0.1) is 13.2 Å². The molecule has 0 amide bonds. The predicted molar refractivity (Wildman–Crippen MR) is 91.1 cm³/mol. The second-order valence-electron chi connectivity index (χ2n) is 5.72. The normalized spacial score (nSPS) is 13.3. The van der Waals surface area contributed by atoms with Crippen LogP contribution in [0.2, 0.25) is 0 Å². The van der Waals surface area contributed by atoms with Crippen molar-refractivity contribution in [2.75, 3.05) is 13.7 Å². The van der Waals surface area contributed by atoms with E-state index in [0.717, 1.165) is 6.07 Å². The van der Waals surface area contributed by atoms with Crippen molar-refractivity contribution in [3.63, 3.8) is 0 Å². The Morgan fingerprint density at radius 3 is 2.52 bits per heavy atom. The fraction of sp³-hybridized carbons (Fsp3) is 0.333. The van der Waals surface area contributed by atoms with E-state index in [1.165, 1.54) is 7.11 Å². The molecule has 0 spiro atoms. The Labute approximate surface area is 144 Å². The van der Waals surface area contributed by atoms with Gasteiger partial charge in [-0.15, -0.1) is 0 Å². The number of carbonyl (C=O) groups excluding carboxylic acids is 1. The van der Waals surface area contributed by atoms with Crippen molar-refractivity contribution in [3.8, 4) is 11.5 Å². The first kappa shape index (κ1) is 18.7. The lowest BCUT2D eigenvalue weighted by Gasteiger charge is -2.19. The van der Waals surface area contributed by atoms with Crippen LogP contribution >= 0.6 is 0 Å². The lowest BCUT2D eigenvalue weighted by atomic mass is 10.0. The number of aliphatic hydroxyl groups is 1. The fourth-order valence-electron chi connectivity index (χ4n) is 2.34. The van der Waals surface area contributed by atoms with Gasteiger partial charge in [0.15, 0.2) is 11.5 Å². The predicted octanol–water partition coefficient (Wildman–Crippen LogP) is 1.56. The molecule has 2 unspecified atom stereocenters. The summed E-state index contributed by atoms with van der Waals surface area (Å²) in [4.78, 5) is 24.7. The summed E-state index contributed by atoms with van der Waals surface area (Å²) in [6, 6.07) is 6.43. The number of rotatable bonds is 7. The Morgan fingerprint density at radius 2 is 1.96 bits per heavy atom. The van der Waals surface area contributed by atoms with Crippen molar-refractivity contribution in [1.82, 2.24) is 5.32 Å². The zero-order valence-corrected chi connectivity index (χ0v) is 14.3. The van der Waals surface area contributed by atoms with E-state index in [1.807, 2.05) is 0 Å². The van der Waals surface area contributed by atoms with Gasteiger partial charge in [0.1, 0.15) is 17.6 Å². The second-order valence-corrected chi connectivity index (χ2v) is 5.72. The molecular formula is C18H21NO6. The molecule has 134 valence electrons. The van der Waals surface area contributed by atoms with Crippen molar-refractivity contribution < 1.29 is 24.2 Å². The SMILES string of the molecule is COc1ccc(C(=O)C(NCC(C)O)c2oc(C)cc(=O)c2O)cc1. The second kappa shape index (κ2) is 7.96. The highest BCUT2D eigenvalue weighted by Crippen LogP contribution is 2.26. The van der Waals surface area contributed by atoms with Crippen LogP contribution in [0.1, 0.15) is 34.8 Å². The van der Waals surface area contributed by atoms with E-state index in [0.29, 0.717) is 11.3 Å². The molecule has 0 fully saturated rings. The molecule has 2 atom stereocenters. The van der Waals surface area contributed by atoms with E-state index >= 15 is 0 Å². The molecule has 1 heterocycles. The minimum atomic E-state index is -1.12. The maximum Gasteiger partial charge on any atom is 0.227 e. The van der Waals surface area contributed by atoms with E-state index in [-0.39, 0.29) is 18.1 Å². The monoisotopic (exact) mass is 347 g/mol. The number of Topliss-reactive ketones (excluding diaryl/α,β-unsaturated/α-hetero) is 1. The van der Waals surface area contributed by atoms with E-state index in [9.17, 15) is 19.8 Å². The van der Waals surface area contributed by atoms with E-state index in [2.05, 4.69) is 5.32 Å². The molecule has 1 aromatic heterocycles. The summed E-state index contributed by atoms with van der Waals surface area (Å²) in [6.07, 6.45) is -0.732. The van der Waals surface area contributed by atoms with Crippen LogP contribution in [0, 0.1) is 6.92 Å². The highest BCUT2D eigenvalue weighted by Gasteiger charge is 2.28. The Morgan fingerprint density at radius 1 is 1.32 bits per heavy atom. The Bertz CT molecular complexity index is 794. The summed E-state index contributed by atoms with van der Waals surface area (Å²) >= 11 is 0. The maximum atomic E-state index is 12.9. The van der Waals surface area contributed by atoms with Crippen LogP contribution in [0.5, 0.6) is 11.5 Å². The van der Waals surface area contributed by atoms with Gasteiger partial charge in [-0.3, -0.25) is 14.9 Å². The van der Waals surface area contributed by atoms with Crippen LogP contribution in [-0.4, -0.2) is 35.8 Å². The molecule has 0 aliphatic heterocycles. The number of nitrogens with one attached hydrogen (secondary N) is 1. The van der Waals surface area contributed by atoms with Crippen LogP contribution in [0.25, 0.3) is 0 Å². The highest BCUT2D eigenvalue weighted by atomic mass is 16.5. The fourth-order valence-corrected chi connectivity index (χ4v) is 2.34. The lowest BCUT2D eigenvalue weighted by molar-refractivity contribution is 0.0913. The zero-order chi connectivity index (χ0) is 18.6. The number of benzene rings is 1. The number of methoxy groups -OCH3 is 1. The van der Waals surface area contributed by atoms with E-state index in [4.69, 9.17) is 9.15 Å². The lowest BCUT2D eigenvalue weighted by Crippen LogP contribution is -2.34. The molecule has 0 bridgehead atoms. The minimum absolute atomic E-state index is 0.0731. The van der Waals surface area contributed by atoms with Crippen molar-refractivity contribution in [2.45, 2.75) is 26.0 Å². The molecule has 25 heavy (non-hydrogen) atoms. The summed E-state index contributed by atoms with van der Waals surface area (Å²) in [5.74, 6) is -0.353. The van der Waals surface area contributed by atoms with Crippen LogP contribution in [0.3, 0.4) is 0 Å². The molecule has 0 saturated carbocycles. The molecule has 0 aliphatic carbocycles. The summed E-state index contributed by atoms with van der Waals surface area (Å²) < 4.78 is 10.5. The molecule has 0 radical (unpaired) electrons. The molecular weight excluding hydrogens is 326 g/mol. The smallest absolute Gasteiger partial charge is 0.227 e. The van der Waals surface area contributed by atoms with Crippen LogP contribution in [0.15, 0.2) is 39.5 Å².